The van der Waals surface area contributed by atoms with Crippen LogP contribution < -0.4 is 0 Å². The summed E-state index contributed by atoms with van der Waals surface area (Å²) in [4.78, 5) is 0. The third-order valence-corrected chi connectivity index (χ3v) is 1.78. The molecule has 0 heterocycles. The van der Waals surface area contributed by atoms with E-state index in [1.807, 2.05) is 6.07 Å². The lowest BCUT2D eigenvalue weighted by molar-refractivity contribution is 0.278. The summed E-state index contributed by atoms with van der Waals surface area (Å²) in [5.41, 5.74) is 2.55. The zero-order chi connectivity index (χ0) is 8.97. The van der Waals surface area contributed by atoms with Gasteiger partial charge in [0.2, 0.25) is 0 Å². The fourth-order valence-corrected chi connectivity index (χ4v) is 1.08. The predicted molar refractivity (Wildman–Crippen MR) is 48.4 cm³/mol. The lowest BCUT2D eigenvalue weighted by Gasteiger charge is -2.04. The minimum atomic E-state index is 0.00701. The Balaban J connectivity index is 3.10. The molecule has 64 valence electrons. The highest BCUT2D eigenvalue weighted by atomic mass is 16.3. The van der Waals surface area contributed by atoms with E-state index in [2.05, 4.69) is 6.58 Å². The maximum Gasteiger partial charge on any atom is 0.0687 e. The van der Waals surface area contributed by atoms with E-state index < -0.39 is 0 Å². The molecule has 12 heavy (non-hydrogen) atoms. The van der Waals surface area contributed by atoms with E-state index in [1.165, 1.54) is 0 Å². The van der Waals surface area contributed by atoms with E-state index in [1.54, 1.807) is 18.2 Å². The molecule has 0 bridgehead atoms. The molecule has 0 saturated carbocycles. The molecule has 0 atom stereocenters. The number of benzene rings is 1. The van der Waals surface area contributed by atoms with E-state index in [4.69, 9.17) is 10.2 Å². The molecule has 0 amide bonds. The summed E-state index contributed by atoms with van der Waals surface area (Å²) in [6.07, 6.45) is 1.67. The fourth-order valence-electron chi connectivity index (χ4n) is 1.08. The third kappa shape index (κ3) is 1.72. The van der Waals surface area contributed by atoms with Crippen molar-refractivity contribution in [2.24, 2.45) is 0 Å². The van der Waals surface area contributed by atoms with Crippen molar-refractivity contribution >= 4 is 6.08 Å². The summed E-state index contributed by atoms with van der Waals surface area (Å²) in [7, 11) is 0. The standard InChI is InChI=1S/C10H12O2/c1-2-9-5-8(6-11)3-4-10(9)7-12/h2-5,11-12H,1,6-7H2. The van der Waals surface area contributed by atoms with Gasteiger partial charge in [-0.15, -0.1) is 0 Å². The van der Waals surface area contributed by atoms with Gasteiger partial charge in [0.1, 0.15) is 0 Å². The molecule has 0 radical (unpaired) electrons. The lowest BCUT2D eigenvalue weighted by atomic mass is 10.0. The van der Waals surface area contributed by atoms with Crippen molar-refractivity contribution in [3.8, 4) is 0 Å². The first kappa shape index (κ1) is 8.97. The maximum atomic E-state index is 8.90. The van der Waals surface area contributed by atoms with Crippen LogP contribution in [0.5, 0.6) is 0 Å². The minimum Gasteiger partial charge on any atom is -0.392 e. The highest BCUT2D eigenvalue weighted by Crippen LogP contribution is 2.13. The van der Waals surface area contributed by atoms with Gasteiger partial charge < -0.3 is 10.2 Å². The zero-order valence-corrected chi connectivity index (χ0v) is 6.83. The van der Waals surface area contributed by atoms with Crippen LogP contribution in [0.3, 0.4) is 0 Å². The Morgan fingerprint density at radius 3 is 2.50 bits per heavy atom. The number of rotatable bonds is 3. The summed E-state index contributed by atoms with van der Waals surface area (Å²) < 4.78 is 0. The second-order valence-corrected chi connectivity index (χ2v) is 2.55. The van der Waals surface area contributed by atoms with Gasteiger partial charge in [0.05, 0.1) is 13.2 Å². The van der Waals surface area contributed by atoms with Crippen LogP contribution >= 0.6 is 0 Å². The van der Waals surface area contributed by atoms with Crippen LogP contribution in [-0.2, 0) is 13.2 Å². The van der Waals surface area contributed by atoms with E-state index in [0.717, 1.165) is 16.7 Å². The summed E-state index contributed by atoms with van der Waals surface area (Å²) in [5, 5.41) is 17.7. The van der Waals surface area contributed by atoms with Gasteiger partial charge in [-0.3, -0.25) is 0 Å². The molecule has 0 fully saturated rings. The van der Waals surface area contributed by atoms with E-state index in [9.17, 15) is 0 Å². The Morgan fingerprint density at radius 2 is 2.00 bits per heavy atom. The fraction of sp³-hybridized carbons (Fsp3) is 0.200. The molecule has 0 unspecified atom stereocenters. The Morgan fingerprint density at radius 1 is 1.25 bits per heavy atom. The normalized spacial score (nSPS) is 9.83. The van der Waals surface area contributed by atoms with Gasteiger partial charge in [-0.05, 0) is 22.8 Å². The quantitative estimate of drug-likeness (QED) is 0.707. The van der Waals surface area contributed by atoms with Crippen molar-refractivity contribution in [2.75, 3.05) is 0 Å². The van der Waals surface area contributed by atoms with Gasteiger partial charge in [0.15, 0.2) is 0 Å². The number of hydrogen-bond donors (Lipinski definition) is 2. The van der Waals surface area contributed by atoms with Crippen LogP contribution in [0.2, 0.25) is 0 Å². The van der Waals surface area contributed by atoms with Crippen molar-refractivity contribution in [1.29, 1.82) is 0 Å². The van der Waals surface area contributed by atoms with Gasteiger partial charge >= 0.3 is 0 Å². The maximum absolute atomic E-state index is 8.90. The van der Waals surface area contributed by atoms with Crippen molar-refractivity contribution in [2.45, 2.75) is 13.2 Å². The van der Waals surface area contributed by atoms with Crippen LogP contribution in [0.25, 0.3) is 6.08 Å². The lowest BCUT2D eigenvalue weighted by Crippen LogP contribution is -1.91. The van der Waals surface area contributed by atoms with Crippen LogP contribution in [0.4, 0.5) is 0 Å². The van der Waals surface area contributed by atoms with Crippen LogP contribution in [0.1, 0.15) is 16.7 Å². The van der Waals surface area contributed by atoms with Gasteiger partial charge in [-0.25, -0.2) is 0 Å². The molecular formula is C10H12O2. The molecule has 1 aromatic carbocycles. The van der Waals surface area contributed by atoms with E-state index in [0.29, 0.717) is 0 Å². The molecule has 2 N–H and O–H groups in total. The summed E-state index contributed by atoms with van der Waals surface area (Å²) in [6, 6.07) is 5.40. The Kier molecular flexibility index (Phi) is 3.02. The van der Waals surface area contributed by atoms with Gasteiger partial charge in [0.25, 0.3) is 0 Å². The molecule has 0 aromatic heterocycles. The average molecular weight is 164 g/mol. The van der Waals surface area contributed by atoms with Crippen LogP contribution in [0, 0.1) is 0 Å². The monoisotopic (exact) mass is 164 g/mol. The van der Waals surface area contributed by atoms with Gasteiger partial charge in [0, 0.05) is 0 Å². The number of aliphatic hydroxyl groups excluding tert-OH is 2. The van der Waals surface area contributed by atoms with Crippen LogP contribution in [0.15, 0.2) is 24.8 Å². The largest absolute Gasteiger partial charge is 0.392 e. The summed E-state index contributed by atoms with van der Waals surface area (Å²) >= 11 is 0. The minimum absolute atomic E-state index is 0.00701. The molecule has 1 rings (SSSR count). The molecule has 1 aromatic rings. The van der Waals surface area contributed by atoms with Crippen LogP contribution in [-0.4, -0.2) is 10.2 Å². The topological polar surface area (TPSA) is 40.5 Å². The number of hydrogen-bond acceptors (Lipinski definition) is 2. The SMILES string of the molecule is C=Cc1cc(CO)ccc1CO. The summed E-state index contributed by atoms with van der Waals surface area (Å²) in [6.45, 7) is 3.65. The van der Waals surface area contributed by atoms with E-state index >= 15 is 0 Å². The van der Waals surface area contributed by atoms with E-state index in [-0.39, 0.29) is 13.2 Å². The first-order valence-corrected chi connectivity index (χ1v) is 3.77. The van der Waals surface area contributed by atoms with Gasteiger partial charge in [-0.2, -0.15) is 0 Å². The molecular weight excluding hydrogens is 152 g/mol. The Bertz CT molecular complexity index is 279. The molecule has 0 aliphatic rings. The third-order valence-electron chi connectivity index (χ3n) is 1.78. The number of aliphatic hydroxyl groups is 2. The highest BCUT2D eigenvalue weighted by molar-refractivity contribution is 5.53. The predicted octanol–water partition coefficient (Wildman–Crippen LogP) is 1.31. The molecule has 2 nitrogen and oxygen atoms in total. The van der Waals surface area contributed by atoms with Gasteiger partial charge in [-0.1, -0.05) is 24.8 Å². The summed E-state index contributed by atoms with van der Waals surface area (Å²) in [5.74, 6) is 0. The Hall–Kier alpha value is -1.12. The molecule has 0 saturated heterocycles. The Labute approximate surface area is 71.8 Å². The molecule has 0 aliphatic carbocycles. The van der Waals surface area contributed by atoms with Crippen molar-refractivity contribution < 1.29 is 10.2 Å². The second kappa shape index (κ2) is 4.04. The zero-order valence-electron chi connectivity index (χ0n) is 6.83. The molecule has 2 heteroatoms. The van der Waals surface area contributed by atoms with Crippen molar-refractivity contribution in [3.05, 3.63) is 41.5 Å². The molecule has 0 spiro atoms. The highest BCUT2D eigenvalue weighted by Gasteiger charge is 1.98. The smallest absolute Gasteiger partial charge is 0.0687 e. The molecule has 0 aliphatic heterocycles. The van der Waals surface area contributed by atoms with Crippen molar-refractivity contribution in [1.82, 2.24) is 0 Å². The average Bonchev–Trinajstić information content (AvgIpc) is 2.16. The van der Waals surface area contributed by atoms with Crippen molar-refractivity contribution in [3.63, 3.8) is 0 Å². The second-order valence-electron chi connectivity index (χ2n) is 2.55. The first-order chi connectivity index (χ1) is 5.81. The first-order valence-electron chi connectivity index (χ1n) is 3.77.